The second-order valence-electron chi connectivity index (χ2n) is 8.49. The summed E-state index contributed by atoms with van der Waals surface area (Å²) in [6, 6.07) is 5.21. The molecule has 1 aliphatic carbocycles. The molecule has 0 aromatic heterocycles. The molecule has 2 fully saturated rings. The Balaban J connectivity index is 1.54. The summed E-state index contributed by atoms with van der Waals surface area (Å²) in [6.07, 6.45) is 4.82. The number of benzene rings is 1. The molecule has 6 heteroatoms. The van der Waals surface area contributed by atoms with Gasteiger partial charge >= 0.3 is 0 Å². The highest BCUT2D eigenvalue weighted by molar-refractivity contribution is 5.80. The molecule has 5 nitrogen and oxygen atoms in total. The fraction of sp³-hybridized carbons (Fsp3) is 0.696. The Morgan fingerprint density at radius 1 is 1.28 bits per heavy atom. The highest BCUT2D eigenvalue weighted by Gasteiger charge is 2.23. The van der Waals surface area contributed by atoms with Crippen molar-refractivity contribution in [2.45, 2.75) is 52.5 Å². The maximum Gasteiger partial charge on any atom is 0.191 e. The summed E-state index contributed by atoms with van der Waals surface area (Å²) in [4.78, 5) is 7.33. The van der Waals surface area contributed by atoms with Crippen molar-refractivity contribution in [1.82, 2.24) is 15.5 Å². The smallest absolute Gasteiger partial charge is 0.191 e. The van der Waals surface area contributed by atoms with E-state index in [0.717, 1.165) is 31.2 Å². The summed E-state index contributed by atoms with van der Waals surface area (Å²) in [6.45, 7) is 12.1. The zero-order chi connectivity index (χ0) is 20.6. The number of rotatable bonds is 10. The van der Waals surface area contributed by atoms with E-state index in [-0.39, 0.29) is 11.9 Å². The number of aliphatic imine (C=N–C) groups is 1. The molecule has 2 N–H and O–H groups in total. The number of halogens is 1. The van der Waals surface area contributed by atoms with Crippen molar-refractivity contribution in [2.75, 3.05) is 39.3 Å². The zero-order valence-corrected chi connectivity index (χ0v) is 18.2. The maximum atomic E-state index is 14.4. The largest absolute Gasteiger partial charge is 0.490 e. The zero-order valence-electron chi connectivity index (χ0n) is 18.2. The van der Waals surface area contributed by atoms with E-state index in [4.69, 9.17) is 9.73 Å². The van der Waals surface area contributed by atoms with Crippen molar-refractivity contribution in [2.24, 2.45) is 16.8 Å². The van der Waals surface area contributed by atoms with Crippen molar-refractivity contribution >= 4 is 5.96 Å². The van der Waals surface area contributed by atoms with E-state index in [1.165, 1.54) is 38.8 Å². The van der Waals surface area contributed by atoms with Crippen LogP contribution in [0.3, 0.4) is 0 Å². The standard InChI is InChI=1S/C23H37FN4O/c1-4-11-28-12-10-19(15-28)14-26-23(25-5-2)27-17(3)20-8-9-22(21(24)13-20)29-16-18-6-7-18/h8-9,13,17-19H,4-7,10-12,14-16H2,1-3H3,(H2,25,26,27). The Morgan fingerprint density at radius 3 is 2.79 bits per heavy atom. The highest BCUT2D eigenvalue weighted by Crippen LogP contribution is 2.30. The minimum absolute atomic E-state index is 0.0417. The Labute approximate surface area is 175 Å². The highest BCUT2D eigenvalue weighted by atomic mass is 19.1. The SMILES string of the molecule is CCCN1CCC(CN=C(NCC)NC(C)c2ccc(OCC3CC3)c(F)c2)C1. The molecule has 0 spiro atoms. The number of ether oxygens (including phenoxy) is 1. The lowest BCUT2D eigenvalue weighted by Gasteiger charge is -2.19. The van der Waals surface area contributed by atoms with Crippen molar-refractivity contribution in [3.63, 3.8) is 0 Å². The van der Waals surface area contributed by atoms with E-state index < -0.39 is 0 Å². The lowest BCUT2D eigenvalue weighted by Crippen LogP contribution is -2.39. The first-order valence-electron chi connectivity index (χ1n) is 11.3. The summed E-state index contributed by atoms with van der Waals surface area (Å²) in [5.41, 5.74) is 0.891. The summed E-state index contributed by atoms with van der Waals surface area (Å²) < 4.78 is 20.0. The molecule has 2 unspecified atom stereocenters. The average Bonchev–Trinajstić information content (AvgIpc) is 3.43. The van der Waals surface area contributed by atoms with Gasteiger partial charge in [-0.3, -0.25) is 4.99 Å². The van der Waals surface area contributed by atoms with Gasteiger partial charge in [-0.1, -0.05) is 13.0 Å². The van der Waals surface area contributed by atoms with E-state index in [0.29, 0.717) is 24.2 Å². The third-order valence-corrected chi connectivity index (χ3v) is 5.74. The van der Waals surface area contributed by atoms with Gasteiger partial charge in [0.15, 0.2) is 17.5 Å². The van der Waals surface area contributed by atoms with Gasteiger partial charge in [-0.05, 0) is 82.2 Å². The molecule has 1 aromatic carbocycles. The summed E-state index contributed by atoms with van der Waals surface area (Å²) in [7, 11) is 0. The third-order valence-electron chi connectivity index (χ3n) is 5.74. The monoisotopic (exact) mass is 404 g/mol. The van der Waals surface area contributed by atoms with Gasteiger partial charge in [0.1, 0.15) is 0 Å². The first-order valence-corrected chi connectivity index (χ1v) is 11.3. The Hall–Kier alpha value is -1.82. The first kappa shape index (κ1) is 21.9. The average molecular weight is 405 g/mol. The van der Waals surface area contributed by atoms with Gasteiger partial charge in [0.05, 0.1) is 12.6 Å². The molecule has 1 aromatic rings. The Morgan fingerprint density at radius 2 is 2.10 bits per heavy atom. The van der Waals surface area contributed by atoms with Crippen LogP contribution in [0, 0.1) is 17.7 Å². The van der Waals surface area contributed by atoms with Crippen LogP contribution in [0.4, 0.5) is 4.39 Å². The number of likely N-dealkylation sites (tertiary alicyclic amines) is 1. The topological polar surface area (TPSA) is 48.9 Å². The van der Waals surface area contributed by atoms with E-state index in [1.54, 1.807) is 12.1 Å². The van der Waals surface area contributed by atoms with E-state index in [9.17, 15) is 4.39 Å². The van der Waals surface area contributed by atoms with Crippen LogP contribution in [-0.4, -0.2) is 50.2 Å². The number of nitrogens with zero attached hydrogens (tertiary/aromatic N) is 2. The van der Waals surface area contributed by atoms with Crippen LogP contribution in [0.1, 0.15) is 58.1 Å². The van der Waals surface area contributed by atoms with Crippen LogP contribution < -0.4 is 15.4 Å². The molecule has 0 bridgehead atoms. The normalized spacial score (nSPS) is 21.2. The van der Waals surface area contributed by atoms with Gasteiger partial charge in [-0.15, -0.1) is 0 Å². The van der Waals surface area contributed by atoms with Gasteiger partial charge in [0.25, 0.3) is 0 Å². The van der Waals surface area contributed by atoms with Crippen LogP contribution in [0.5, 0.6) is 5.75 Å². The lowest BCUT2D eigenvalue weighted by atomic mass is 10.1. The second-order valence-corrected chi connectivity index (χ2v) is 8.49. The van der Waals surface area contributed by atoms with Gasteiger partial charge < -0.3 is 20.3 Å². The van der Waals surface area contributed by atoms with Gasteiger partial charge in [-0.25, -0.2) is 4.39 Å². The molecule has 2 atom stereocenters. The Kier molecular flexibility index (Phi) is 8.16. The predicted octanol–water partition coefficient (Wildman–Crippen LogP) is 3.96. The molecule has 1 aliphatic heterocycles. The van der Waals surface area contributed by atoms with Crippen molar-refractivity contribution in [3.8, 4) is 5.75 Å². The molecule has 3 rings (SSSR count). The van der Waals surface area contributed by atoms with E-state index in [2.05, 4.69) is 29.4 Å². The maximum absolute atomic E-state index is 14.4. The minimum atomic E-state index is -0.291. The number of hydrogen-bond acceptors (Lipinski definition) is 3. The van der Waals surface area contributed by atoms with Gasteiger partial charge in [-0.2, -0.15) is 0 Å². The van der Waals surface area contributed by atoms with Crippen molar-refractivity contribution < 1.29 is 9.13 Å². The fourth-order valence-electron chi connectivity index (χ4n) is 3.81. The van der Waals surface area contributed by atoms with Crippen LogP contribution in [0.2, 0.25) is 0 Å². The van der Waals surface area contributed by atoms with Gasteiger partial charge in [0, 0.05) is 19.6 Å². The number of guanidine groups is 1. The summed E-state index contributed by atoms with van der Waals surface area (Å²) in [5.74, 6) is 2.09. The predicted molar refractivity (Wildman–Crippen MR) is 117 cm³/mol. The van der Waals surface area contributed by atoms with E-state index in [1.807, 2.05) is 13.0 Å². The molecule has 1 heterocycles. The fourth-order valence-corrected chi connectivity index (χ4v) is 3.81. The van der Waals surface area contributed by atoms with Crippen molar-refractivity contribution in [3.05, 3.63) is 29.6 Å². The molecule has 29 heavy (non-hydrogen) atoms. The molecule has 162 valence electrons. The summed E-state index contributed by atoms with van der Waals surface area (Å²) in [5, 5.41) is 6.74. The van der Waals surface area contributed by atoms with Crippen LogP contribution in [0.25, 0.3) is 0 Å². The second kappa shape index (κ2) is 10.8. The summed E-state index contributed by atoms with van der Waals surface area (Å²) >= 11 is 0. The first-order chi connectivity index (χ1) is 14.1. The Bertz CT molecular complexity index is 677. The molecular formula is C23H37FN4O. The number of hydrogen-bond donors (Lipinski definition) is 2. The molecule has 1 saturated heterocycles. The molecule has 0 amide bonds. The molecular weight excluding hydrogens is 367 g/mol. The lowest BCUT2D eigenvalue weighted by molar-refractivity contribution is 0.285. The number of nitrogens with one attached hydrogen (secondary N) is 2. The van der Waals surface area contributed by atoms with Crippen LogP contribution in [0.15, 0.2) is 23.2 Å². The van der Waals surface area contributed by atoms with Crippen LogP contribution >= 0.6 is 0 Å². The molecule has 1 saturated carbocycles. The van der Waals surface area contributed by atoms with Gasteiger partial charge in [0.2, 0.25) is 0 Å². The molecule has 2 aliphatic rings. The minimum Gasteiger partial charge on any atom is -0.490 e. The third kappa shape index (κ3) is 6.88. The van der Waals surface area contributed by atoms with Crippen molar-refractivity contribution in [1.29, 1.82) is 0 Å². The molecule has 0 radical (unpaired) electrons. The van der Waals surface area contributed by atoms with Crippen LogP contribution in [-0.2, 0) is 0 Å². The van der Waals surface area contributed by atoms with E-state index >= 15 is 0 Å². The quantitative estimate of drug-likeness (QED) is 0.458.